The third-order valence-corrected chi connectivity index (χ3v) is 2.68. The van der Waals surface area contributed by atoms with Gasteiger partial charge in [-0.05, 0) is 0 Å². The summed E-state index contributed by atoms with van der Waals surface area (Å²) in [6, 6.07) is 1.21. The van der Waals surface area contributed by atoms with Crippen LogP contribution in [0.4, 0.5) is 4.39 Å². The van der Waals surface area contributed by atoms with Crippen LogP contribution in [0.15, 0.2) is 6.07 Å². The zero-order chi connectivity index (χ0) is 10.8. The quantitative estimate of drug-likeness (QED) is 0.901. The van der Waals surface area contributed by atoms with Gasteiger partial charge in [0.25, 0.3) is 5.88 Å². The van der Waals surface area contributed by atoms with Gasteiger partial charge in [-0.3, -0.25) is 0 Å². The fourth-order valence-corrected chi connectivity index (χ4v) is 1.99. The number of ether oxygens (including phenoxy) is 1. The fraction of sp³-hybridized carbons (Fsp3) is 0.250. The number of aliphatic hydroxyl groups excluding tert-OH is 1. The number of aromatic nitrogens is 2. The molecule has 2 heterocycles. The summed E-state index contributed by atoms with van der Waals surface area (Å²) in [4.78, 5) is 8.28. The molecule has 0 saturated heterocycles. The van der Waals surface area contributed by atoms with Crippen molar-refractivity contribution in [2.75, 3.05) is 13.2 Å². The van der Waals surface area contributed by atoms with E-state index in [2.05, 4.69) is 9.97 Å². The van der Waals surface area contributed by atoms with Crippen molar-refractivity contribution < 1.29 is 14.2 Å². The normalized spacial score (nSPS) is 10.9. The third kappa shape index (κ3) is 2.17. The molecule has 0 fully saturated rings. The van der Waals surface area contributed by atoms with E-state index >= 15 is 0 Å². The lowest BCUT2D eigenvalue weighted by molar-refractivity contribution is 0.191. The Kier molecular flexibility index (Phi) is 2.99. The fourth-order valence-electron chi connectivity index (χ4n) is 1.04. The zero-order valence-electron chi connectivity index (χ0n) is 7.41. The highest BCUT2D eigenvalue weighted by atomic mass is 35.5. The first-order chi connectivity index (χ1) is 7.20. The van der Waals surface area contributed by atoms with E-state index < -0.39 is 5.82 Å². The molecule has 7 heteroatoms. The van der Waals surface area contributed by atoms with Crippen molar-refractivity contribution >= 4 is 33.3 Å². The highest BCUT2D eigenvalue weighted by Gasteiger charge is 2.11. The molecule has 0 aliphatic carbocycles. The van der Waals surface area contributed by atoms with E-state index in [-0.39, 0.29) is 19.1 Å². The molecule has 0 amide bonds. The average molecular weight is 249 g/mol. The first kappa shape index (κ1) is 10.5. The zero-order valence-corrected chi connectivity index (χ0v) is 8.98. The molecule has 0 unspecified atom stereocenters. The minimum Gasteiger partial charge on any atom is -0.473 e. The summed E-state index contributed by atoms with van der Waals surface area (Å²) >= 11 is 6.80. The second kappa shape index (κ2) is 4.26. The Bertz CT molecular complexity index is 491. The number of hydrogen-bond donors (Lipinski definition) is 1. The highest BCUT2D eigenvalue weighted by Crippen LogP contribution is 2.27. The standard InChI is InChI=1S/C8H6ClFN2O2S/c9-8-11-5-3-4(10)6(14-2-1-13)12-7(5)15-8/h3,13H,1-2H2. The van der Waals surface area contributed by atoms with Crippen molar-refractivity contribution in [1.82, 2.24) is 9.97 Å². The van der Waals surface area contributed by atoms with Gasteiger partial charge in [-0.1, -0.05) is 22.9 Å². The van der Waals surface area contributed by atoms with Crippen LogP contribution in [0.5, 0.6) is 5.88 Å². The van der Waals surface area contributed by atoms with Gasteiger partial charge in [-0.15, -0.1) is 0 Å². The van der Waals surface area contributed by atoms with Crippen LogP contribution in [0.25, 0.3) is 10.3 Å². The largest absolute Gasteiger partial charge is 0.473 e. The van der Waals surface area contributed by atoms with Crippen LogP contribution in [0.2, 0.25) is 4.47 Å². The first-order valence-electron chi connectivity index (χ1n) is 4.07. The summed E-state index contributed by atoms with van der Waals surface area (Å²) in [6.45, 7) is -0.190. The summed E-state index contributed by atoms with van der Waals surface area (Å²) in [5, 5.41) is 8.53. The molecule has 4 nitrogen and oxygen atoms in total. The molecule has 2 aromatic rings. The molecule has 0 atom stereocenters. The van der Waals surface area contributed by atoms with Gasteiger partial charge < -0.3 is 9.84 Å². The number of pyridine rings is 1. The van der Waals surface area contributed by atoms with Gasteiger partial charge >= 0.3 is 0 Å². The molecule has 80 valence electrons. The van der Waals surface area contributed by atoms with Crippen LogP contribution in [-0.4, -0.2) is 28.3 Å². The van der Waals surface area contributed by atoms with Gasteiger partial charge in [0.15, 0.2) is 10.3 Å². The monoisotopic (exact) mass is 248 g/mol. The van der Waals surface area contributed by atoms with Gasteiger partial charge in [0.1, 0.15) is 17.0 Å². The van der Waals surface area contributed by atoms with Gasteiger partial charge in [-0.2, -0.15) is 4.98 Å². The van der Waals surface area contributed by atoms with Crippen LogP contribution in [0, 0.1) is 5.82 Å². The van der Waals surface area contributed by atoms with E-state index in [4.69, 9.17) is 21.4 Å². The number of nitrogens with zero attached hydrogens (tertiary/aromatic N) is 2. The predicted octanol–water partition coefficient (Wildman–Crippen LogP) is 1.85. The van der Waals surface area contributed by atoms with E-state index in [1.54, 1.807) is 0 Å². The Balaban J connectivity index is 2.42. The van der Waals surface area contributed by atoms with Crippen LogP contribution in [-0.2, 0) is 0 Å². The lowest BCUT2D eigenvalue weighted by Gasteiger charge is -2.03. The van der Waals surface area contributed by atoms with Gasteiger partial charge in [0.2, 0.25) is 0 Å². The molecule has 0 aliphatic rings. The Morgan fingerprint density at radius 1 is 1.53 bits per heavy atom. The van der Waals surface area contributed by atoms with E-state index in [1.807, 2.05) is 0 Å². The second-order valence-corrected chi connectivity index (χ2v) is 4.20. The van der Waals surface area contributed by atoms with Gasteiger partial charge in [0, 0.05) is 6.07 Å². The lowest BCUT2D eigenvalue weighted by Crippen LogP contribution is -2.04. The van der Waals surface area contributed by atoms with E-state index in [1.165, 1.54) is 6.07 Å². The Morgan fingerprint density at radius 3 is 3.07 bits per heavy atom. The van der Waals surface area contributed by atoms with Crippen molar-refractivity contribution in [3.63, 3.8) is 0 Å². The molecule has 2 aromatic heterocycles. The van der Waals surface area contributed by atoms with Crippen LogP contribution >= 0.6 is 22.9 Å². The van der Waals surface area contributed by atoms with E-state index in [0.29, 0.717) is 14.8 Å². The van der Waals surface area contributed by atoms with Gasteiger partial charge in [0.05, 0.1) is 6.61 Å². The van der Waals surface area contributed by atoms with Crippen LogP contribution in [0.3, 0.4) is 0 Å². The predicted molar refractivity (Wildman–Crippen MR) is 55.0 cm³/mol. The summed E-state index contributed by atoms with van der Waals surface area (Å²) < 4.78 is 18.5. The lowest BCUT2D eigenvalue weighted by atomic mass is 10.4. The molecule has 0 saturated carbocycles. The molecule has 2 rings (SSSR count). The number of halogens is 2. The highest BCUT2D eigenvalue weighted by molar-refractivity contribution is 7.21. The Labute approximate surface area is 93.3 Å². The second-order valence-electron chi connectivity index (χ2n) is 2.64. The van der Waals surface area contributed by atoms with Crippen molar-refractivity contribution in [3.05, 3.63) is 16.4 Å². The maximum atomic E-state index is 13.3. The summed E-state index contributed by atoms with van der Waals surface area (Å²) in [5.41, 5.74) is 0.402. The maximum absolute atomic E-state index is 13.3. The Hall–Kier alpha value is -0.980. The number of fused-ring (bicyclic) bond motifs is 1. The number of hydrogen-bond acceptors (Lipinski definition) is 5. The molecule has 0 aromatic carbocycles. The number of thiazole rings is 1. The molecule has 0 radical (unpaired) electrons. The molecule has 0 bridgehead atoms. The summed E-state index contributed by atoms with van der Waals surface area (Å²) in [5.74, 6) is -0.755. The minimum atomic E-state index is -0.613. The average Bonchev–Trinajstić information content (AvgIpc) is 2.53. The molecule has 15 heavy (non-hydrogen) atoms. The molecule has 0 aliphatic heterocycles. The van der Waals surface area contributed by atoms with Crippen LogP contribution in [0.1, 0.15) is 0 Å². The topological polar surface area (TPSA) is 55.2 Å². The Morgan fingerprint density at radius 2 is 2.33 bits per heavy atom. The van der Waals surface area contributed by atoms with Crippen LogP contribution < -0.4 is 4.74 Å². The molecule has 1 N–H and O–H groups in total. The SMILES string of the molecule is OCCOc1nc2sc(Cl)nc2cc1F. The smallest absolute Gasteiger partial charge is 0.252 e. The number of rotatable bonds is 3. The summed E-state index contributed by atoms with van der Waals surface area (Å²) in [6.07, 6.45) is 0. The van der Waals surface area contributed by atoms with E-state index in [0.717, 1.165) is 11.3 Å². The van der Waals surface area contributed by atoms with E-state index in [9.17, 15) is 4.39 Å². The number of aliphatic hydroxyl groups is 1. The minimum absolute atomic E-state index is 0.00195. The third-order valence-electron chi connectivity index (χ3n) is 1.61. The van der Waals surface area contributed by atoms with Crippen molar-refractivity contribution in [2.45, 2.75) is 0 Å². The van der Waals surface area contributed by atoms with Crippen molar-refractivity contribution in [1.29, 1.82) is 0 Å². The molecular formula is C8H6ClFN2O2S. The molecular weight excluding hydrogens is 243 g/mol. The first-order valence-corrected chi connectivity index (χ1v) is 5.26. The van der Waals surface area contributed by atoms with Gasteiger partial charge in [-0.25, -0.2) is 9.37 Å². The van der Waals surface area contributed by atoms with Crippen molar-refractivity contribution in [3.8, 4) is 5.88 Å². The van der Waals surface area contributed by atoms with Crippen molar-refractivity contribution in [2.24, 2.45) is 0 Å². The maximum Gasteiger partial charge on any atom is 0.252 e. The molecule has 0 spiro atoms. The summed E-state index contributed by atoms with van der Waals surface area (Å²) in [7, 11) is 0.